The third-order valence-electron chi connectivity index (χ3n) is 4.90. The number of carbonyl (C=O) groups is 2. The zero-order chi connectivity index (χ0) is 21.3. The minimum atomic E-state index is -0.0835. The van der Waals surface area contributed by atoms with Crippen molar-refractivity contribution in [2.75, 3.05) is 19.7 Å². The molecule has 160 valence electrons. The summed E-state index contributed by atoms with van der Waals surface area (Å²) in [4.78, 5) is 30.4. The number of nitrogens with one attached hydrogen (secondary N) is 2. The summed E-state index contributed by atoms with van der Waals surface area (Å²) in [5.74, 6) is 0.836. The lowest BCUT2D eigenvalue weighted by atomic mass is 10.0. The first-order chi connectivity index (χ1) is 14.5. The number of aryl methyl sites for hydroxylation is 1. The monoisotopic (exact) mass is 410 g/mol. The first-order valence-electron chi connectivity index (χ1n) is 10.5. The molecule has 0 radical (unpaired) electrons. The molecule has 0 unspecified atom stereocenters. The van der Waals surface area contributed by atoms with Crippen molar-refractivity contribution in [2.24, 2.45) is 0 Å². The Balaban J connectivity index is 1.51. The summed E-state index contributed by atoms with van der Waals surface area (Å²) < 4.78 is 5.80. The van der Waals surface area contributed by atoms with E-state index in [1.54, 1.807) is 11.1 Å². The van der Waals surface area contributed by atoms with Crippen LogP contribution in [0.2, 0.25) is 0 Å². The Morgan fingerprint density at radius 2 is 2.07 bits per heavy atom. The number of carbonyl (C=O) groups excluding carboxylic acids is 2. The maximum Gasteiger partial charge on any atom is 0.318 e. The van der Waals surface area contributed by atoms with Crippen LogP contribution in [0.5, 0.6) is 5.75 Å². The van der Waals surface area contributed by atoms with Crippen LogP contribution in [0.1, 0.15) is 37.0 Å². The Morgan fingerprint density at radius 3 is 2.83 bits per heavy atom. The molecule has 2 aromatic rings. The van der Waals surface area contributed by atoms with Crippen molar-refractivity contribution in [2.45, 2.75) is 45.7 Å². The van der Waals surface area contributed by atoms with Crippen molar-refractivity contribution in [3.63, 3.8) is 0 Å². The fourth-order valence-electron chi connectivity index (χ4n) is 3.35. The van der Waals surface area contributed by atoms with E-state index < -0.39 is 0 Å². The zero-order valence-electron chi connectivity index (χ0n) is 17.7. The number of aromatic nitrogens is 1. The molecule has 1 aromatic heterocycles. The Kier molecular flexibility index (Phi) is 7.65. The van der Waals surface area contributed by atoms with Crippen molar-refractivity contribution in [1.29, 1.82) is 0 Å². The second-order valence-electron chi connectivity index (χ2n) is 7.78. The Bertz CT molecular complexity index is 855. The minimum absolute atomic E-state index is 0.0306. The molecule has 0 bridgehead atoms. The highest BCUT2D eigenvalue weighted by Crippen LogP contribution is 2.25. The van der Waals surface area contributed by atoms with Crippen molar-refractivity contribution in [3.8, 4) is 5.75 Å². The summed E-state index contributed by atoms with van der Waals surface area (Å²) in [7, 11) is 0. The fourth-order valence-corrected chi connectivity index (χ4v) is 3.35. The van der Waals surface area contributed by atoms with Gasteiger partial charge in [0.15, 0.2) is 0 Å². The summed E-state index contributed by atoms with van der Waals surface area (Å²) >= 11 is 0. The van der Waals surface area contributed by atoms with Crippen LogP contribution in [-0.4, -0.2) is 47.6 Å². The van der Waals surface area contributed by atoms with Crippen LogP contribution in [-0.2, 0) is 24.2 Å². The van der Waals surface area contributed by atoms with E-state index in [4.69, 9.17) is 4.74 Å². The number of rotatable bonds is 7. The van der Waals surface area contributed by atoms with Crippen LogP contribution in [0.3, 0.4) is 0 Å². The lowest BCUT2D eigenvalue weighted by Gasteiger charge is -2.22. The molecule has 0 atom stereocenters. The number of fused-ring (bicyclic) bond motifs is 1. The first-order valence-corrected chi connectivity index (χ1v) is 10.5. The van der Waals surface area contributed by atoms with Gasteiger partial charge in [-0.2, -0.15) is 0 Å². The molecule has 7 nitrogen and oxygen atoms in total. The van der Waals surface area contributed by atoms with Crippen LogP contribution in [0.15, 0.2) is 42.7 Å². The quantitative estimate of drug-likeness (QED) is 0.735. The highest BCUT2D eigenvalue weighted by Gasteiger charge is 2.20. The van der Waals surface area contributed by atoms with Gasteiger partial charge < -0.3 is 20.3 Å². The SMILES string of the molecule is CC(C)NC(=O)N1CCOc2ccc(CCC(=O)NCCc3cccnc3)cc2C1. The average molecular weight is 411 g/mol. The molecule has 1 aliphatic heterocycles. The van der Waals surface area contributed by atoms with Gasteiger partial charge in [-0.25, -0.2) is 4.79 Å². The number of urea groups is 1. The van der Waals surface area contributed by atoms with Crippen LogP contribution >= 0.6 is 0 Å². The van der Waals surface area contributed by atoms with Crippen LogP contribution in [0.4, 0.5) is 4.79 Å². The molecular formula is C23H30N4O3. The maximum atomic E-state index is 12.4. The highest BCUT2D eigenvalue weighted by molar-refractivity contribution is 5.76. The Labute approximate surface area is 177 Å². The summed E-state index contributed by atoms with van der Waals surface area (Å²) in [5, 5.41) is 5.89. The van der Waals surface area contributed by atoms with Crippen molar-refractivity contribution < 1.29 is 14.3 Å². The molecular weight excluding hydrogens is 380 g/mol. The topological polar surface area (TPSA) is 83.6 Å². The first kappa shape index (κ1) is 21.6. The van der Waals surface area contributed by atoms with E-state index in [1.165, 1.54) is 0 Å². The van der Waals surface area contributed by atoms with Gasteiger partial charge in [0.25, 0.3) is 0 Å². The second-order valence-corrected chi connectivity index (χ2v) is 7.78. The largest absolute Gasteiger partial charge is 0.491 e. The predicted octanol–water partition coefficient (Wildman–Crippen LogP) is 2.69. The van der Waals surface area contributed by atoms with Crippen molar-refractivity contribution >= 4 is 11.9 Å². The highest BCUT2D eigenvalue weighted by atomic mass is 16.5. The number of ether oxygens (including phenoxy) is 1. The number of pyridine rings is 1. The molecule has 0 spiro atoms. The number of hydrogen-bond donors (Lipinski definition) is 2. The minimum Gasteiger partial charge on any atom is -0.491 e. The molecule has 0 aliphatic carbocycles. The van der Waals surface area contributed by atoms with Crippen molar-refractivity contribution in [3.05, 3.63) is 59.4 Å². The van der Waals surface area contributed by atoms with E-state index in [9.17, 15) is 9.59 Å². The van der Waals surface area contributed by atoms with Gasteiger partial charge in [-0.15, -0.1) is 0 Å². The van der Waals surface area contributed by atoms with E-state index in [2.05, 4.69) is 15.6 Å². The summed E-state index contributed by atoms with van der Waals surface area (Å²) in [6.45, 7) is 6.00. The van der Waals surface area contributed by atoms with Crippen LogP contribution < -0.4 is 15.4 Å². The van der Waals surface area contributed by atoms with Gasteiger partial charge in [0, 0.05) is 37.0 Å². The van der Waals surface area contributed by atoms with Crippen LogP contribution in [0, 0.1) is 0 Å². The Morgan fingerprint density at radius 1 is 1.20 bits per heavy atom. The normalized spacial score (nSPS) is 13.2. The van der Waals surface area contributed by atoms with E-state index in [1.807, 2.05) is 50.4 Å². The van der Waals surface area contributed by atoms with E-state index in [0.29, 0.717) is 39.1 Å². The average Bonchev–Trinajstić information content (AvgIpc) is 2.94. The van der Waals surface area contributed by atoms with E-state index in [-0.39, 0.29) is 18.0 Å². The standard InChI is InChI=1S/C23H30N4O3/c1-17(2)26-23(29)27-12-13-30-21-7-5-18(14-20(21)16-27)6-8-22(28)25-11-9-19-4-3-10-24-15-19/h3-5,7,10,14-15,17H,6,8-9,11-13,16H2,1-2H3,(H,25,28)(H,26,29). The third kappa shape index (κ3) is 6.47. The third-order valence-corrected chi connectivity index (χ3v) is 4.90. The van der Waals surface area contributed by atoms with E-state index in [0.717, 1.165) is 28.9 Å². The number of benzene rings is 1. The molecule has 0 fully saturated rings. The molecule has 1 aliphatic rings. The molecule has 1 aromatic carbocycles. The molecule has 3 amide bonds. The molecule has 30 heavy (non-hydrogen) atoms. The lowest BCUT2D eigenvalue weighted by Crippen LogP contribution is -2.43. The van der Waals surface area contributed by atoms with Gasteiger partial charge in [-0.3, -0.25) is 9.78 Å². The molecule has 3 rings (SSSR count). The fraction of sp³-hybridized carbons (Fsp3) is 0.435. The molecule has 2 heterocycles. The number of amides is 3. The van der Waals surface area contributed by atoms with Gasteiger partial charge in [-0.1, -0.05) is 18.2 Å². The predicted molar refractivity (Wildman–Crippen MR) is 115 cm³/mol. The van der Waals surface area contributed by atoms with E-state index >= 15 is 0 Å². The summed E-state index contributed by atoms with van der Waals surface area (Å²) in [6.07, 6.45) is 5.39. The second kappa shape index (κ2) is 10.6. The lowest BCUT2D eigenvalue weighted by molar-refractivity contribution is -0.121. The maximum absolute atomic E-state index is 12.4. The zero-order valence-corrected chi connectivity index (χ0v) is 17.7. The number of nitrogens with zero attached hydrogens (tertiary/aromatic N) is 2. The van der Waals surface area contributed by atoms with Gasteiger partial charge in [0.2, 0.25) is 5.91 Å². The molecule has 0 saturated carbocycles. The van der Waals surface area contributed by atoms with Crippen molar-refractivity contribution in [1.82, 2.24) is 20.5 Å². The molecule has 2 N–H and O–H groups in total. The van der Waals surface area contributed by atoms with Gasteiger partial charge >= 0.3 is 6.03 Å². The summed E-state index contributed by atoms with van der Waals surface area (Å²) in [6, 6.07) is 9.87. The molecule has 0 saturated heterocycles. The van der Waals surface area contributed by atoms with Gasteiger partial charge in [-0.05, 0) is 49.9 Å². The van der Waals surface area contributed by atoms with Gasteiger partial charge in [0.1, 0.15) is 12.4 Å². The number of hydrogen-bond acceptors (Lipinski definition) is 4. The van der Waals surface area contributed by atoms with Gasteiger partial charge in [0.05, 0.1) is 13.1 Å². The smallest absolute Gasteiger partial charge is 0.318 e. The summed E-state index contributed by atoms with van der Waals surface area (Å²) in [5.41, 5.74) is 3.14. The molecule has 7 heteroatoms. The van der Waals surface area contributed by atoms with Crippen LogP contribution in [0.25, 0.3) is 0 Å². The Hall–Kier alpha value is -3.09.